The molecule has 2 aromatic rings. The summed E-state index contributed by atoms with van der Waals surface area (Å²) in [4.78, 5) is 4.63. The van der Waals surface area contributed by atoms with Crippen molar-refractivity contribution in [2.24, 2.45) is 11.8 Å². The zero-order valence-corrected chi connectivity index (χ0v) is 23.8. The number of nitrogens with zero attached hydrogens (tertiary/aromatic N) is 2. The van der Waals surface area contributed by atoms with Crippen LogP contribution < -0.4 is 10.6 Å². The predicted molar refractivity (Wildman–Crippen MR) is 156 cm³/mol. The van der Waals surface area contributed by atoms with Gasteiger partial charge in [-0.3, -0.25) is 0 Å². The molecule has 0 radical (unpaired) electrons. The van der Waals surface area contributed by atoms with Gasteiger partial charge < -0.3 is 15.4 Å². The normalized spacial score (nSPS) is 24.2. The van der Waals surface area contributed by atoms with Crippen LogP contribution in [-0.2, 0) is 11.3 Å². The van der Waals surface area contributed by atoms with Gasteiger partial charge in [0.05, 0.1) is 5.02 Å². The third-order valence-electron chi connectivity index (χ3n) is 8.03. The Morgan fingerprint density at radius 3 is 2.74 bits per heavy atom. The average Bonchev–Trinajstić information content (AvgIpc) is 2.92. The molecule has 2 unspecified atom stereocenters. The van der Waals surface area contributed by atoms with E-state index in [9.17, 15) is 4.39 Å². The molecule has 0 spiro atoms. The van der Waals surface area contributed by atoms with Crippen molar-refractivity contribution in [1.29, 1.82) is 0 Å². The number of methoxy groups -OCH3 is 1. The molecule has 206 valence electrons. The Bertz CT molecular complexity index is 1110. The fourth-order valence-corrected chi connectivity index (χ4v) is 6.18. The van der Waals surface area contributed by atoms with E-state index >= 15 is 0 Å². The van der Waals surface area contributed by atoms with E-state index in [-0.39, 0.29) is 5.82 Å². The lowest BCUT2D eigenvalue weighted by atomic mass is 9.78. The van der Waals surface area contributed by atoms with Crippen LogP contribution in [0.3, 0.4) is 0 Å². The topological polar surface area (TPSA) is 49.2 Å². The quantitative estimate of drug-likeness (QED) is 0.250. The van der Waals surface area contributed by atoms with Gasteiger partial charge >= 0.3 is 0 Å². The van der Waals surface area contributed by atoms with Crippen molar-refractivity contribution in [3.05, 3.63) is 64.6 Å². The van der Waals surface area contributed by atoms with Crippen LogP contribution in [-0.4, -0.2) is 55.2 Å². The molecule has 2 aliphatic carbocycles. The van der Waals surface area contributed by atoms with Crippen LogP contribution >= 0.6 is 11.6 Å². The minimum absolute atomic E-state index is 0.190. The second-order valence-corrected chi connectivity index (χ2v) is 11.2. The number of hydrogen-bond acceptors (Lipinski definition) is 4. The smallest absolute Gasteiger partial charge is 0.165 e. The highest BCUT2D eigenvalue weighted by Gasteiger charge is 2.29. The molecule has 1 heterocycles. The van der Waals surface area contributed by atoms with E-state index in [0.717, 1.165) is 62.2 Å². The van der Waals surface area contributed by atoms with Gasteiger partial charge in [-0.25, -0.2) is 13.9 Å². The van der Waals surface area contributed by atoms with Crippen LogP contribution in [0.5, 0.6) is 0 Å². The molecule has 1 saturated carbocycles. The number of hydrogen-bond donors (Lipinski definition) is 2. The Kier molecular flexibility index (Phi) is 10.7. The first-order valence-corrected chi connectivity index (χ1v) is 14.5. The summed E-state index contributed by atoms with van der Waals surface area (Å²) in [6.07, 6.45) is 14.2. The van der Waals surface area contributed by atoms with Gasteiger partial charge in [-0.2, -0.15) is 0 Å². The van der Waals surface area contributed by atoms with Crippen LogP contribution in [0.15, 0.2) is 42.6 Å². The lowest BCUT2D eigenvalue weighted by molar-refractivity contribution is -0.497. The highest BCUT2D eigenvalue weighted by atomic mass is 35.5. The van der Waals surface area contributed by atoms with Crippen molar-refractivity contribution in [1.82, 2.24) is 10.3 Å². The van der Waals surface area contributed by atoms with Gasteiger partial charge in [0.25, 0.3) is 0 Å². The summed E-state index contributed by atoms with van der Waals surface area (Å²) >= 11 is 6.73. The molecule has 7 heteroatoms. The van der Waals surface area contributed by atoms with Crippen LogP contribution in [0.25, 0.3) is 5.57 Å². The summed E-state index contributed by atoms with van der Waals surface area (Å²) in [7, 11) is 3.88. The van der Waals surface area contributed by atoms with E-state index < -0.39 is 0 Å². The van der Waals surface area contributed by atoms with E-state index in [1.807, 2.05) is 6.07 Å². The number of likely N-dealkylation sites (N-methyl/N-ethyl adjacent to an activating group) is 1. The molecule has 1 aromatic heterocycles. The molecular formula is C31H43ClFN4O+. The number of anilines is 1. The maximum Gasteiger partial charge on any atom is 0.165 e. The van der Waals surface area contributed by atoms with Gasteiger partial charge in [0, 0.05) is 43.4 Å². The van der Waals surface area contributed by atoms with Crippen molar-refractivity contribution in [3.63, 3.8) is 0 Å². The number of aromatic nitrogens is 1. The fourth-order valence-electron chi connectivity index (χ4n) is 5.97. The summed E-state index contributed by atoms with van der Waals surface area (Å²) in [5.41, 5.74) is 3.34. The molecule has 2 atom stereocenters. The summed E-state index contributed by atoms with van der Waals surface area (Å²) in [6.45, 7) is 4.58. The molecule has 4 rings (SSSR count). The van der Waals surface area contributed by atoms with Gasteiger partial charge in [-0.15, -0.1) is 0 Å². The number of halogens is 2. The van der Waals surface area contributed by atoms with E-state index in [2.05, 4.69) is 52.5 Å². The highest BCUT2D eigenvalue weighted by molar-refractivity contribution is 6.32. The molecule has 1 fully saturated rings. The SMILES string of the molecule is CCC1C(c2cc(NC3CCC(C=[N+](C)CCOC)CC3)ncc2Cl)=CCCC1NCc1cccc(F)c1. The monoisotopic (exact) mass is 541 g/mol. The highest BCUT2D eigenvalue weighted by Crippen LogP contribution is 2.39. The summed E-state index contributed by atoms with van der Waals surface area (Å²) in [6, 6.07) is 9.72. The van der Waals surface area contributed by atoms with Crippen molar-refractivity contribution in [2.45, 2.75) is 70.5 Å². The van der Waals surface area contributed by atoms with E-state index in [4.69, 9.17) is 16.3 Å². The molecular weight excluding hydrogens is 499 g/mol. The number of nitrogens with one attached hydrogen (secondary N) is 2. The predicted octanol–water partition coefficient (Wildman–Crippen LogP) is 6.57. The molecule has 2 aliphatic rings. The van der Waals surface area contributed by atoms with Crippen LogP contribution in [0, 0.1) is 17.7 Å². The molecule has 0 bridgehead atoms. The van der Waals surface area contributed by atoms with Gasteiger partial charge in [0.1, 0.15) is 31.5 Å². The summed E-state index contributed by atoms with van der Waals surface area (Å²) in [5, 5.41) is 8.09. The first-order valence-electron chi connectivity index (χ1n) is 14.1. The fraction of sp³-hybridized carbons (Fsp3) is 0.548. The Labute approximate surface area is 232 Å². The van der Waals surface area contributed by atoms with Crippen LogP contribution in [0.1, 0.15) is 63.0 Å². The maximum absolute atomic E-state index is 13.6. The molecule has 0 aliphatic heterocycles. The van der Waals surface area contributed by atoms with Crippen LogP contribution in [0.2, 0.25) is 5.02 Å². The summed E-state index contributed by atoms with van der Waals surface area (Å²) in [5.74, 6) is 1.68. The van der Waals surface area contributed by atoms with Crippen LogP contribution in [0.4, 0.5) is 10.2 Å². The van der Waals surface area contributed by atoms with Crippen molar-refractivity contribution < 1.29 is 13.7 Å². The second-order valence-electron chi connectivity index (χ2n) is 10.8. The zero-order valence-electron chi connectivity index (χ0n) is 23.1. The molecule has 5 nitrogen and oxygen atoms in total. The standard InChI is InChI=1S/C31H43ClFN4O/c1-4-26-27(9-6-10-30(26)34-19-23-7-5-8-24(33)17-23)28-18-31(35-20-29(28)32)36-25-13-11-22(12-14-25)21-37(2)15-16-38-3/h5,7-9,17-18,20-22,25-26,30,34H,4,6,10-16,19H2,1-3H3,(H,35,36)/q+1. The van der Waals surface area contributed by atoms with Gasteiger partial charge in [-0.1, -0.05) is 36.7 Å². The minimum atomic E-state index is -0.190. The number of pyridine rings is 1. The Morgan fingerprint density at radius 1 is 1.18 bits per heavy atom. The molecule has 0 amide bonds. The number of ether oxygens (including phenoxy) is 1. The van der Waals surface area contributed by atoms with Crippen molar-refractivity contribution in [3.8, 4) is 0 Å². The first-order chi connectivity index (χ1) is 18.5. The van der Waals surface area contributed by atoms with Gasteiger partial charge in [0.15, 0.2) is 6.54 Å². The first kappa shape index (κ1) is 28.7. The maximum atomic E-state index is 13.6. The Hall–Kier alpha value is -2.28. The second kappa shape index (κ2) is 14.2. The molecule has 1 aromatic carbocycles. The molecule has 0 saturated heterocycles. The number of rotatable bonds is 11. The molecule has 38 heavy (non-hydrogen) atoms. The average molecular weight is 542 g/mol. The largest absolute Gasteiger partial charge is 0.378 e. The van der Waals surface area contributed by atoms with E-state index in [1.165, 1.54) is 24.5 Å². The minimum Gasteiger partial charge on any atom is -0.378 e. The van der Waals surface area contributed by atoms with E-state index in [1.54, 1.807) is 25.4 Å². The van der Waals surface area contributed by atoms with Crippen molar-refractivity contribution >= 4 is 29.2 Å². The number of benzene rings is 1. The third-order valence-corrected chi connectivity index (χ3v) is 8.33. The number of allylic oxidation sites excluding steroid dienone is 1. The van der Waals surface area contributed by atoms with E-state index in [0.29, 0.717) is 35.5 Å². The van der Waals surface area contributed by atoms with Gasteiger partial charge in [0.2, 0.25) is 0 Å². The third kappa shape index (κ3) is 7.87. The lowest BCUT2D eigenvalue weighted by Crippen LogP contribution is -2.38. The molecule has 2 N–H and O–H groups in total. The van der Waals surface area contributed by atoms with Gasteiger partial charge in [-0.05, 0) is 80.2 Å². The summed E-state index contributed by atoms with van der Waals surface area (Å²) < 4.78 is 21.1. The lowest BCUT2D eigenvalue weighted by Gasteiger charge is -2.34. The zero-order chi connectivity index (χ0) is 26.9. The Balaban J connectivity index is 1.39. The van der Waals surface area contributed by atoms with Crippen molar-refractivity contribution in [2.75, 3.05) is 32.6 Å². The Morgan fingerprint density at radius 2 is 2.00 bits per heavy atom.